The third-order valence-electron chi connectivity index (χ3n) is 6.62. The smallest absolute Gasteiger partial charge is 0.320 e. The highest BCUT2D eigenvalue weighted by molar-refractivity contribution is 5.77. The monoisotopic (exact) mass is 781 g/mol. The van der Waals surface area contributed by atoms with Crippen LogP contribution in [0.4, 0.5) is 0 Å². The number of nitrogens with one attached hydrogen (secondary N) is 2. The van der Waals surface area contributed by atoms with Crippen LogP contribution in [-0.2, 0) is 41.6 Å². The molecule has 20 nitrogen and oxygen atoms in total. The number of nitrogens with two attached hydrogens (primary N) is 7. The average Bonchev–Trinajstić information content (AvgIpc) is 3.10. The minimum Gasteiger partial charge on any atom is -0.480 e. The second kappa shape index (κ2) is 31.8. The van der Waals surface area contributed by atoms with E-state index in [-0.39, 0.29) is 18.8 Å². The Morgan fingerprint density at radius 3 is 1.20 bits per heavy atom. The van der Waals surface area contributed by atoms with Crippen LogP contribution >= 0.6 is 0 Å². The van der Waals surface area contributed by atoms with Gasteiger partial charge in [-0.3, -0.25) is 34.2 Å². The Balaban J connectivity index is -0.000000618. The first kappa shape index (κ1) is 53.7. The summed E-state index contributed by atoms with van der Waals surface area (Å²) in [5, 5.41) is 51.3. The van der Waals surface area contributed by atoms with Crippen molar-refractivity contribution in [2.24, 2.45) is 46.1 Å². The van der Waals surface area contributed by atoms with Gasteiger partial charge in [-0.15, -0.1) is 0 Å². The van der Waals surface area contributed by atoms with Crippen molar-refractivity contribution in [3.8, 4) is 0 Å². The highest BCUT2D eigenvalue weighted by atomic mass is 16.4. The Labute approximate surface area is 319 Å². The van der Waals surface area contributed by atoms with Crippen molar-refractivity contribution in [3.63, 3.8) is 0 Å². The van der Waals surface area contributed by atoms with Crippen molar-refractivity contribution in [1.29, 1.82) is 5.41 Å². The van der Waals surface area contributed by atoms with E-state index < -0.39 is 66.0 Å². The Bertz CT molecular complexity index is 1360. The molecule has 0 fully saturated rings. The van der Waals surface area contributed by atoms with Gasteiger partial charge in [0.05, 0.1) is 0 Å². The normalized spacial score (nSPS) is 12.6. The largest absolute Gasteiger partial charge is 0.480 e. The molecule has 0 saturated carbocycles. The Morgan fingerprint density at radius 2 is 0.927 bits per heavy atom. The highest BCUT2D eigenvalue weighted by Crippen LogP contribution is 2.03. The predicted molar refractivity (Wildman–Crippen MR) is 205 cm³/mol. The standard InChI is InChI=1S/2C9H11NO2.C6H14N4O2.C6H13NO2.C5H10N2O3/c2*10-8(9(11)12)6-7-4-2-1-3-5-7;7-4(5(11)12)2-1-3-10-6(8)9;1-4(2)3-5(7)6(8)9;6-3(5(9)10)1-2-4(7)8/h2*1-5,8H,6,10H2,(H,11,12);4H,1-3,7H2,(H,11,12)(H4,8,9,10);4-5H,3,7H2,1-2H3,(H,8,9);3H,1-2,6H2,(H2,7,8)(H,9,10)/t2*8-;4-;5-;3-/m00000/s1. The Hall–Kier alpha value is -5.67. The second-order valence-corrected chi connectivity index (χ2v) is 12.2. The molecule has 0 radical (unpaired) electrons. The summed E-state index contributed by atoms with van der Waals surface area (Å²) in [6.07, 6.45) is 2.42. The fourth-order valence-electron chi connectivity index (χ4n) is 3.61. The molecule has 1 amide bonds. The maximum Gasteiger partial charge on any atom is 0.320 e. The molecule has 0 saturated heterocycles. The van der Waals surface area contributed by atoms with E-state index in [2.05, 4.69) is 5.32 Å². The van der Waals surface area contributed by atoms with Crippen LogP contribution in [0.3, 0.4) is 0 Å². The van der Waals surface area contributed by atoms with Gasteiger partial charge in [0.15, 0.2) is 5.96 Å². The molecule has 0 aliphatic heterocycles. The molecule has 0 unspecified atom stereocenters. The lowest BCUT2D eigenvalue weighted by Gasteiger charge is -2.07. The summed E-state index contributed by atoms with van der Waals surface area (Å²) in [7, 11) is 0. The van der Waals surface area contributed by atoms with Crippen LogP contribution in [-0.4, -0.2) is 104 Å². The van der Waals surface area contributed by atoms with Crippen LogP contribution in [0.1, 0.15) is 57.1 Å². The first-order valence-corrected chi connectivity index (χ1v) is 16.9. The first-order chi connectivity index (χ1) is 25.5. The number of hydrogen-bond donors (Lipinski definition) is 14. The van der Waals surface area contributed by atoms with E-state index in [9.17, 15) is 28.8 Å². The Morgan fingerprint density at radius 1 is 0.582 bits per heavy atom. The van der Waals surface area contributed by atoms with Gasteiger partial charge in [0.2, 0.25) is 5.91 Å². The van der Waals surface area contributed by atoms with E-state index in [4.69, 9.17) is 71.1 Å². The number of guanidine groups is 1. The molecule has 310 valence electrons. The van der Waals surface area contributed by atoms with E-state index >= 15 is 0 Å². The van der Waals surface area contributed by atoms with Crippen molar-refractivity contribution in [2.75, 3.05) is 6.54 Å². The molecule has 0 aliphatic rings. The lowest BCUT2D eigenvalue weighted by molar-refractivity contribution is -0.139. The number of amides is 1. The molecule has 2 aromatic carbocycles. The number of primary amides is 1. The molecule has 0 spiro atoms. The number of carboxylic acids is 5. The van der Waals surface area contributed by atoms with Gasteiger partial charge >= 0.3 is 29.8 Å². The van der Waals surface area contributed by atoms with Crippen molar-refractivity contribution < 1.29 is 54.3 Å². The van der Waals surface area contributed by atoms with Gasteiger partial charge in [-0.25, -0.2) is 0 Å². The number of carbonyl (C=O) groups is 6. The summed E-state index contributed by atoms with van der Waals surface area (Å²) in [5.41, 5.74) is 37.8. The summed E-state index contributed by atoms with van der Waals surface area (Å²) >= 11 is 0. The van der Waals surface area contributed by atoms with Gasteiger partial charge < -0.3 is 71.0 Å². The van der Waals surface area contributed by atoms with Crippen LogP contribution in [0.2, 0.25) is 0 Å². The van der Waals surface area contributed by atoms with E-state index in [0.717, 1.165) is 11.1 Å². The molecule has 2 rings (SSSR count). The molecule has 0 aromatic heterocycles. The van der Waals surface area contributed by atoms with E-state index in [1.54, 1.807) is 0 Å². The van der Waals surface area contributed by atoms with Gasteiger partial charge in [-0.05, 0) is 55.6 Å². The summed E-state index contributed by atoms with van der Waals surface area (Å²) < 4.78 is 0. The average molecular weight is 782 g/mol. The SMILES string of the molecule is CC(C)C[C@H](N)C(=O)O.N=C(N)NCCC[C@H](N)C(=O)O.NC(=O)CC[C@H](N)C(=O)O.N[C@@H](Cc1ccccc1)C(=O)O.N[C@@H](Cc1ccccc1)C(=O)O. The van der Waals surface area contributed by atoms with Gasteiger partial charge in [-0.2, -0.15) is 0 Å². The van der Waals surface area contributed by atoms with Crippen LogP contribution in [0.15, 0.2) is 60.7 Å². The van der Waals surface area contributed by atoms with Crippen molar-refractivity contribution >= 4 is 41.7 Å². The van der Waals surface area contributed by atoms with Crippen LogP contribution in [0.5, 0.6) is 0 Å². The van der Waals surface area contributed by atoms with Crippen molar-refractivity contribution in [2.45, 2.75) is 89.0 Å². The third-order valence-corrected chi connectivity index (χ3v) is 6.62. The molecular weight excluding hydrogens is 722 g/mol. The molecule has 21 N–H and O–H groups in total. The summed E-state index contributed by atoms with van der Waals surface area (Å²) in [6.45, 7) is 4.38. The minimum atomic E-state index is -1.11. The van der Waals surface area contributed by atoms with E-state index in [1.807, 2.05) is 74.5 Å². The summed E-state index contributed by atoms with van der Waals surface area (Å²) in [6, 6.07) is 14.6. The summed E-state index contributed by atoms with van der Waals surface area (Å²) in [4.78, 5) is 61.2. The van der Waals surface area contributed by atoms with Crippen LogP contribution < -0.4 is 45.5 Å². The zero-order valence-corrected chi connectivity index (χ0v) is 31.1. The quantitative estimate of drug-likeness (QED) is 0.0492. The van der Waals surface area contributed by atoms with Crippen LogP contribution in [0, 0.1) is 11.3 Å². The lowest BCUT2D eigenvalue weighted by Crippen LogP contribution is -2.34. The minimum absolute atomic E-state index is 0.0213. The molecular formula is C35H59N9O11. The molecule has 20 heteroatoms. The number of carbonyl (C=O) groups excluding carboxylic acids is 1. The molecule has 0 heterocycles. The van der Waals surface area contributed by atoms with E-state index in [0.29, 0.717) is 44.6 Å². The third kappa shape index (κ3) is 35.1. The van der Waals surface area contributed by atoms with Gasteiger partial charge in [0, 0.05) is 13.0 Å². The first-order valence-electron chi connectivity index (χ1n) is 16.9. The number of rotatable bonds is 18. The number of benzene rings is 2. The highest BCUT2D eigenvalue weighted by Gasteiger charge is 2.14. The van der Waals surface area contributed by atoms with Crippen molar-refractivity contribution in [1.82, 2.24) is 5.32 Å². The van der Waals surface area contributed by atoms with Crippen LogP contribution in [0.25, 0.3) is 0 Å². The van der Waals surface area contributed by atoms with E-state index in [1.165, 1.54) is 0 Å². The molecule has 5 atom stereocenters. The lowest BCUT2D eigenvalue weighted by atomic mass is 10.1. The molecule has 0 aliphatic carbocycles. The molecule has 0 bridgehead atoms. The maximum absolute atomic E-state index is 10.4. The molecule has 55 heavy (non-hydrogen) atoms. The van der Waals surface area contributed by atoms with Gasteiger partial charge in [0.25, 0.3) is 0 Å². The second-order valence-electron chi connectivity index (χ2n) is 12.2. The fraction of sp³-hybridized carbons (Fsp3) is 0.457. The fourth-order valence-corrected chi connectivity index (χ4v) is 3.61. The zero-order valence-electron chi connectivity index (χ0n) is 31.1. The van der Waals surface area contributed by atoms with Gasteiger partial charge in [0.1, 0.15) is 30.2 Å². The molecule has 2 aromatic rings. The maximum atomic E-state index is 10.4. The Kier molecular flexibility index (Phi) is 31.1. The zero-order chi connectivity index (χ0) is 43.1. The summed E-state index contributed by atoms with van der Waals surface area (Å²) in [5.74, 6) is -5.23. The number of carboxylic acid groups (broad SMARTS) is 5. The van der Waals surface area contributed by atoms with Crippen molar-refractivity contribution in [3.05, 3.63) is 71.8 Å². The number of hydrogen-bond acceptors (Lipinski definition) is 12. The predicted octanol–water partition coefficient (Wildman–Crippen LogP) is -0.948. The number of aliphatic carboxylic acids is 5. The topological polar surface area (TPSA) is 422 Å². The van der Waals surface area contributed by atoms with Gasteiger partial charge in [-0.1, -0.05) is 74.5 Å².